The van der Waals surface area contributed by atoms with Crippen LogP contribution in [0.25, 0.3) is 0 Å². The first kappa shape index (κ1) is 7.94. The molecule has 0 radical (unpaired) electrons. The molecule has 1 aromatic rings. The van der Waals surface area contributed by atoms with Gasteiger partial charge in [-0.3, -0.25) is 14.9 Å². The molecule has 0 spiro atoms. The molecule has 1 N–H and O–H groups in total. The van der Waals surface area contributed by atoms with Crippen molar-refractivity contribution in [1.29, 1.82) is 5.26 Å². The Labute approximate surface area is 66.2 Å². The van der Waals surface area contributed by atoms with Crippen LogP contribution in [0, 0.1) is 21.4 Å². The van der Waals surface area contributed by atoms with Gasteiger partial charge in [0.1, 0.15) is 11.8 Å². The number of hydrogen-bond acceptors (Lipinski definition) is 4. The number of aromatic amines is 1. The molecule has 0 bridgehead atoms. The smallest absolute Gasteiger partial charge is 0.332 e. The zero-order valence-corrected chi connectivity index (χ0v) is 5.77. The van der Waals surface area contributed by atoms with Crippen molar-refractivity contribution in [1.82, 2.24) is 4.98 Å². The lowest BCUT2D eigenvalue weighted by atomic mass is 10.3. The average Bonchev–Trinajstić information content (AvgIpc) is 2.03. The third kappa shape index (κ3) is 1.29. The Kier molecular flexibility index (Phi) is 1.88. The predicted molar refractivity (Wildman–Crippen MR) is 38.4 cm³/mol. The van der Waals surface area contributed by atoms with Gasteiger partial charge in [0.25, 0.3) is 5.43 Å². The van der Waals surface area contributed by atoms with Crippen LogP contribution >= 0.6 is 0 Å². The largest absolute Gasteiger partial charge is 0.347 e. The lowest BCUT2D eigenvalue weighted by molar-refractivity contribution is -0.386. The Bertz CT molecular complexity index is 415. The third-order valence-corrected chi connectivity index (χ3v) is 1.21. The molecule has 12 heavy (non-hydrogen) atoms. The van der Waals surface area contributed by atoms with Crippen LogP contribution in [-0.2, 0) is 0 Å². The zero-order valence-electron chi connectivity index (χ0n) is 5.77. The molecule has 6 nitrogen and oxygen atoms in total. The van der Waals surface area contributed by atoms with E-state index in [4.69, 9.17) is 5.26 Å². The summed E-state index contributed by atoms with van der Waals surface area (Å²) in [6.45, 7) is 0. The molecule has 0 aromatic carbocycles. The molecule has 0 aliphatic heterocycles. The van der Waals surface area contributed by atoms with Gasteiger partial charge in [-0.2, -0.15) is 5.26 Å². The number of nitrogens with zero attached hydrogens (tertiary/aromatic N) is 2. The van der Waals surface area contributed by atoms with Crippen LogP contribution in [0.15, 0.2) is 17.1 Å². The lowest BCUT2D eigenvalue weighted by Crippen LogP contribution is -2.08. The molecule has 0 saturated heterocycles. The van der Waals surface area contributed by atoms with Crippen LogP contribution in [0.5, 0.6) is 0 Å². The van der Waals surface area contributed by atoms with Crippen LogP contribution in [0.4, 0.5) is 5.69 Å². The first-order chi connectivity index (χ1) is 5.65. The molecule has 0 atom stereocenters. The van der Waals surface area contributed by atoms with E-state index in [0.29, 0.717) is 0 Å². The maximum absolute atomic E-state index is 10.8. The predicted octanol–water partition coefficient (Wildman–Crippen LogP) is 0.155. The van der Waals surface area contributed by atoms with E-state index in [2.05, 4.69) is 4.98 Å². The van der Waals surface area contributed by atoms with Gasteiger partial charge < -0.3 is 4.98 Å². The molecular weight excluding hydrogens is 162 g/mol. The molecule has 0 aliphatic carbocycles. The number of aromatic nitrogens is 1. The Morgan fingerprint density at radius 1 is 1.67 bits per heavy atom. The summed E-state index contributed by atoms with van der Waals surface area (Å²) in [5.74, 6) is 0. The number of rotatable bonds is 1. The SMILES string of the molecule is N#Cc1cc(=O)c([N+](=O)[O-])c[nH]1. The van der Waals surface area contributed by atoms with Gasteiger partial charge in [0.15, 0.2) is 0 Å². The Hall–Kier alpha value is -2.16. The van der Waals surface area contributed by atoms with E-state index in [1.165, 1.54) is 0 Å². The number of nitriles is 1. The molecule has 1 aromatic heterocycles. The van der Waals surface area contributed by atoms with E-state index in [1.807, 2.05) is 0 Å². The molecule has 0 amide bonds. The van der Waals surface area contributed by atoms with Gasteiger partial charge in [-0.05, 0) is 0 Å². The van der Waals surface area contributed by atoms with Crippen LogP contribution in [-0.4, -0.2) is 9.91 Å². The Balaban J connectivity index is 3.33. The highest BCUT2D eigenvalue weighted by Gasteiger charge is 2.10. The number of H-pyrrole nitrogens is 1. The highest BCUT2D eigenvalue weighted by atomic mass is 16.6. The fourth-order valence-corrected chi connectivity index (χ4v) is 0.671. The van der Waals surface area contributed by atoms with E-state index in [-0.39, 0.29) is 5.69 Å². The standard InChI is InChI=1S/C6H3N3O3/c7-2-4-1-6(10)5(3-8-4)9(11)12/h1,3H,(H,8,10). The van der Waals surface area contributed by atoms with Crippen molar-refractivity contribution < 1.29 is 4.92 Å². The van der Waals surface area contributed by atoms with Crippen molar-refractivity contribution in [2.45, 2.75) is 0 Å². The minimum atomic E-state index is -0.806. The molecule has 0 saturated carbocycles. The van der Waals surface area contributed by atoms with E-state index < -0.39 is 16.0 Å². The second-order valence-electron chi connectivity index (χ2n) is 1.97. The summed E-state index contributed by atoms with van der Waals surface area (Å²) in [4.78, 5) is 22.5. The Morgan fingerprint density at radius 3 is 2.75 bits per heavy atom. The van der Waals surface area contributed by atoms with E-state index >= 15 is 0 Å². The van der Waals surface area contributed by atoms with Gasteiger partial charge >= 0.3 is 5.69 Å². The maximum Gasteiger partial charge on any atom is 0.332 e. The molecule has 6 heteroatoms. The normalized spacial score (nSPS) is 8.92. The van der Waals surface area contributed by atoms with Gasteiger partial charge in [-0.1, -0.05) is 0 Å². The molecule has 0 fully saturated rings. The average molecular weight is 165 g/mol. The summed E-state index contributed by atoms with van der Waals surface area (Å²) in [5, 5.41) is 18.4. The molecule has 60 valence electrons. The Morgan fingerprint density at radius 2 is 2.33 bits per heavy atom. The van der Waals surface area contributed by atoms with Crippen molar-refractivity contribution in [2.75, 3.05) is 0 Å². The van der Waals surface area contributed by atoms with Crippen molar-refractivity contribution in [2.24, 2.45) is 0 Å². The molecule has 1 rings (SSSR count). The van der Waals surface area contributed by atoms with Crippen LogP contribution in [0.3, 0.4) is 0 Å². The van der Waals surface area contributed by atoms with Gasteiger partial charge in [-0.25, -0.2) is 0 Å². The minimum Gasteiger partial charge on any atom is -0.347 e. The van der Waals surface area contributed by atoms with Crippen molar-refractivity contribution in [3.05, 3.63) is 38.3 Å². The van der Waals surface area contributed by atoms with E-state index in [9.17, 15) is 14.9 Å². The maximum atomic E-state index is 10.8. The molecule has 0 aliphatic rings. The second-order valence-corrected chi connectivity index (χ2v) is 1.97. The van der Waals surface area contributed by atoms with Gasteiger partial charge in [0.2, 0.25) is 0 Å². The summed E-state index contributed by atoms with van der Waals surface area (Å²) in [6, 6.07) is 2.54. The van der Waals surface area contributed by atoms with Crippen molar-refractivity contribution in [3.8, 4) is 6.07 Å². The number of pyridine rings is 1. The lowest BCUT2D eigenvalue weighted by Gasteiger charge is -1.89. The third-order valence-electron chi connectivity index (χ3n) is 1.21. The van der Waals surface area contributed by atoms with Crippen molar-refractivity contribution >= 4 is 5.69 Å². The van der Waals surface area contributed by atoms with Gasteiger partial charge in [0, 0.05) is 6.07 Å². The summed E-state index contributed by atoms with van der Waals surface area (Å²) in [6.07, 6.45) is 0.904. The van der Waals surface area contributed by atoms with Gasteiger partial charge in [-0.15, -0.1) is 0 Å². The van der Waals surface area contributed by atoms with Gasteiger partial charge in [0.05, 0.1) is 11.1 Å². The number of hydrogen-bond donors (Lipinski definition) is 1. The van der Waals surface area contributed by atoms with Crippen LogP contribution < -0.4 is 5.43 Å². The summed E-state index contributed by atoms with van der Waals surface area (Å²) < 4.78 is 0. The summed E-state index contributed by atoms with van der Waals surface area (Å²) in [7, 11) is 0. The highest BCUT2D eigenvalue weighted by molar-refractivity contribution is 5.31. The second kappa shape index (κ2) is 2.84. The summed E-state index contributed by atoms with van der Waals surface area (Å²) >= 11 is 0. The fourth-order valence-electron chi connectivity index (χ4n) is 0.671. The first-order valence-electron chi connectivity index (χ1n) is 2.92. The van der Waals surface area contributed by atoms with Crippen molar-refractivity contribution in [3.63, 3.8) is 0 Å². The quantitative estimate of drug-likeness (QED) is 0.472. The number of nitro groups is 1. The minimum absolute atomic E-state index is 0.00519. The van der Waals surface area contributed by atoms with Crippen LogP contribution in [0.1, 0.15) is 5.69 Å². The van der Waals surface area contributed by atoms with E-state index in [0.717, 1.165) is 12.3 Å². The zero-order chi connectivity index (χ0) is 9.14. The summed E-state index contributed by atoms with van der Waals surface area (Å²) in [5.41, 5.74) is -1.32. The van der Waals surface area contributed by atoms with E-state index in [1.54, 1.807) is 6.07 Å². The molecule has 1 heterocycles. The fraction of sp³-hybridized carbons (Fsp3) is 0. The molecule has 0 unspecified atom stereocenters. The molecular formula is C6H3N3O3. The highest BCUT2D eigenvalue weighted by Crippen LogP contribution is 2.00. The van der Waals surface area contributed by atoms with Crippen LogP contribution in [0.2, 0.25) is 0 Å². The topological polar surface area (TPSA) is 99.8 Å². The first-order valence-corrected chi connectivity index (χ1v) is 2.92. The number of nitrogens with one attached hydrogen (secondary N) is 1. The monoisotopic (exact) mass is 165 g/mol.